The van der Waals surface area contributed by atoms with Crippen LogP contribution in [0.1, 0.15) is 192 Å². The molecule has 12 nitrogen and oxygen atoms in total. The van der Waals surface area contributed by atoms with E-state index in [1.165, 1.54) is 38.5 Å². The fourth-order valence-corrected chi connectivity index (χ4v) is 10.3. The van der Waals surface area contributed by atoms with E-state index in [4.69, 9.17) is 9.90 Å². The zero-order valence-electron chi connectivity index (χ0n) is 37.7. The molecule has 2 heterocycles. The fraction of sp³-hybridized carbons (Fsp3) is 0.975. The summed E-state index contributed by atoms with van der Waals surface area (Å²) in [6.45, 7) is 23.0. The first kappa shape index (κ1) is 57.7. The third-order valence-corrected chi connectivity index (χ3v) is 14.4. The summed E-state index contributed by atoms with van der Waals surface area (Å²) >= 11 is 0. The Morgan fingerprint density at radius 1 is 0.600 bits per heavy atom. The molecule has 2 fully saturated rings. The summed E-state index contributed by atoms with van der Waals surface area (Å²) < 4.78 is 24.0. The number of piperidine rings is 2. The average Bonchev–Trinajstić information content (AvgIpc) is 2.99. The topological polar surface area (TPSA) is 186 Å². The number of likely N-dealkylation sites (tertiary alicyclic amines) is 2. The van der Waals surface area contributed by atoms with E-state index in [0.29, 0.717) is 12.8 Å². The number of hydrogen-bond donors (Lipinski definition) is 6. The van der Waals surface area contributed by atoms with Crippen LogP contribution in [-0.4, -0.2) is 95.2 Å². The minimum absolute atomic E-state index is 0. The number of carboxylic acids is 1. The normalized spacial score (nSPS) is 21.3. The van der Waals surface area contributed by atoms with Gasteiger partial charge in [-0.05, 0) is 115 Å². The number of nitrogens with zero attached hydrogens (tertiary/aromatic N) is 2. The molecule has 0 radical (unpaired) electrons. The second-order valence-electron chi connectivity index (χ2n) is 18.7. The van der Waals surface area contributed by atoms with Gasteiger partial charge in [-0.3, -0.25) is 18.9 Å². The maximum atomic E-state index is 12.0. The Bertz CT molecular complexity index is 1040. The smallest absolute Gasteiger partial charge is 0.550 e. The van der Waals surface area contributed by atoms with Crippen LogP contribution in [0.25, 0.3) is 0 Å². The molecule has 2 rings (SSSR count). The molecular formula is C40H85N4NaO8P2. The van der Waals surface area contributed by atoms with Crippen molar-refractivity contribution in [3.05, 3.63) is 0 Å². The SMILES string of the molecule is CC(=O)[O-].CCCCCCCCC(NC1CC(C)(C)N(C)C(C)(C)C1)P(=O)(O)O.CCCCCCCCC(NC1CC(C)(C)N(C)C(C)(C)C1)P(=O)(O)O.[Na+]. The molecule has 2 atom stereocenters. The van der Waals surface area contributed by atoms with Gasteiger partial charge in [0.15, 0.2) is 0 Å². The zero-order valence-corrected chi connectivity index (χ0v) is 41.5. The van der Waals surface area contributed by atoms with Crippen molar-refractivity contribution in [1.29, 1.82) is 0 Å². The monoisotopic (exact) mass is 835 g/mol. The van der Waals surface area contributed by atoms with Gasteiger partial charge in [0.2, 0.25) is 0 Å². The Morgan fingerprint density at radius 2 is 0.818 bits per heavy atom. The summed E-state index contributed by atoms with van der Waals surface area (Å²) in [6, 6.07) is 0.276. The van der Waals surface area contributed by atoms with Crippen LogP contribution in [0.2, 0.25) is 0 Å². The van der Waals surface area contributed by atoms with Crippen molar-refractivity contribution in [2.45, 2.75) is 238 Å². The van der Waals surface area contributed by atoms with E-state index >= 15 is 0 Å². The quantitative estimate of drug-likeness (QED) is 0.0565. The fourth-order valence-electron chi connectivity index (χ4n) is 8.46. The summed E-state index contributed by atoms with van der Waals surface area (Å²) in [5, 5.41) is 15.6. The predicted octanol–water partition coefficient (Wildman–Crippen LogP) is 4.72. The van der Waals surface area contributed by atoms with Crippen molar-refractivity contribution in [2.24, 2.45) is 0 Å². The van der Waals surface area contributed by atoms with Crippen molar-refractivity contribution < 1.29 is 68.2 Å². The summed E-state index contributed by atoms with van der Waals surface area (Å²) in [4.78, 5) is 52.9. The largest absolute Gasteiger partial charge is 1.00 e. The van der Waals surface area contributed by atoms with Gasteiger partial charge in [-0.25, -0.2) is 0 Å². The molecule has 0 aliphatic carbocycles. The van der Waals surface area contributed by atoms with Crippen LogP contribution in [0.15, 0.2) is 0 Å². The van der Waals surface area contributed by atoms with E-state index < -0.39 is 32.7 Å². The molecule has 2 aliphatic heterocycles. The Labute approximate surface area is 359 Å². The molecule has 55 heavy (non-hydrogen) atoms. The van der Waals surface area contributed by atoms with Crippen LogP contribution in [0.5, 0.6) is 0 Å². The Morgan fingerprint density at radius 3 is 1.04 bits per heavy atom. The van der Waals surface area contributed by atoms with E-state index in [1.54, 1.807) is 0 Å². The third kappa shape index (κ3) is 23.3. The van der Waals surface area contributed by atoms with E-state index in [9.17, 15) is 28.7 Å². The molecule has 0 amide bonds. The minimum atomic E-state index is -4.13. The number of nitrogens with one attached hydrogen (secondary N) is 2. The zero-order chi connectivity index (χ0) is 42.2. The summed E-state index contributed by atoms with van der Waals surface area (Å²) in [5.41, 5.74) is 0.0517. The van der Waals surface area contributed by atoms with Gasteiger partial charge in [0, 0.05) is 40.2 Å². The number of carboxylic acid groups (broad SMARTS) is 1. The molecular weight excluding hydrogens is 749 g/mol. The third-order valence-electron chi connectivity index (χ3n) is 11.9. The number of hydrogen-bond acceptors (Lipinski definition) is 8. The van der Waals surface area contributed by atoms with Gasteiger partial charge in [0.25, 0.3) is 0 Å². The standard InChI is InChI=1S/2C19H41N2O3P.C2H4O2.Na/c2*1-7-8-9-10-11-12-13-17(25(22,23)24)20-16-14-18(2,3)21(6)19(4,5)15-16;1-2(3)4;/h2*16-17,20H,7-15H2,1-6H3,(H2,22,23,24);1H3,(H,3,4);/q;;;+1/p-1. The molecule has 2 saturated heterocycles. The van der Waals surface area contributed by atoms with Crippen LogP contribution >= 0.6 is 15.2 Å². The van der Waals surface area contributed by atoms with Crippen molar-refractivity contribution in [3.8, 4) is 0 Å². The van der Waals surface area contributed by atoms with Crippen molar-refractivity contribution in [2.75, 3.05) is 14.1 Å². The Balaban J connectivity index is 0. The maximum Gasteiger partial charge on any atom is 1.00 e. The molecule has 6 N–H and O–H groups in total. The Hall–Kier alpha value is 0.610. The molecule has 15 heteroatoms. The van der Waals surface area contributed by atoms with Gasteiger partial charge in [-0.2, -0.15) is 0 Å². The molecule has 0 aromatic rings. The minimum Gasteiger partial charge on any atom is -0.550 e. The van der Waals surface area contributed by atoms with Crippen LogP contribution in [0.4, 0.5) is 0 Å². The summed E-state index contributed by atoms with van der Waals surface area (Å²) in [6.07, 6.45) is 18.3. The van der Waals surface area contributed by atoms with Crippen LogP contribution in [0, 0.1) is 0 Å². The van der Waals surface area contributed by atoms with Crippen molar-refractivity contribution >= 4 is 21.2 Å². The average molecular weight is 835 g/mol. The van der Waals surface area contributed by atoms with Gasteiger partial charge < -0.3 is 40.1 Å². The molecule has 0 aromatic carbocycles. The molecule has 0 spiro atoms. The van der Waals surface area contributed by atoms with Crippen molar-refractivity contribution in [3.63, 3.8) is 0 Å². The molecule has 0 aromatic heterocycles. The number of rotatable bonds is 20. The second-order valence-corrected chi connectivity index (χ2v) is 22.3. The maximum absolute atomic E-state index is 12.0. The molecule has 0 saturated carbocycles. The number of carbonyl (C=O) groups is 1. The van der Waals surface area contributed by atoms with Gasteiger partial charge in [0.1, 0.15) is 11.6 Å². The molecule has 0 bridgehead atoms. The summed E-state index contributed by atoms with van der Waals surface area (Å²) in [7, 11) is -3.96. The first-order valence-corrected chi connectivity index (χ1v) is 24.2. The number of aliphatic carboxylic acids is 1. The summed E-state index contributed by atoms with van der Waals surface area (Å²) in [5.74, 6) is -2.50. The van der Waals surface area contributed by atoms with E-state index in [0.717, 1.165) is 71.1 Å². The van der Waals surface area contributed by atoms with Crippen LogP contribution in [-0.2, 0) is 13.9 Å². The van der Waals surface area contributed by atoms with E-state index in [1.807, 2.05) is 0 Å². The number of unbranched alkanes of at least 4 members (excludes halogenated alkanes) is 10. The van der Waals surface area contributed by atoms with Gasteiger partial charge in [-0.15, -0.1) is 0 Å². The molecule has 2 aliphatic rings. The Kier molecular flexibility index (Phi) is 27.3. The second kappa shape index (κ2) is 26.1. The predicted molar refractivity (Wildman–Crippen MR) is 222 cm³/mol. The van der Waals surface area contributed by atoms with Gasteiger partial charge in [-0.1, -0.05) is 90.9 Å². The van der Waals surface area contributed by atoms with Crippen LogP contribution < -0.4 is 45.3 Å². The van der Waals surface area contributed by atoms with E-state index in [2.05, 4.69) is 104 Å². The first-order chi connectivity index (χ1) is 24.5. The van der Waals surface area contributed by atoms with Crippen LogP contribution in [0.3, 0.4) is 0 Å². The first-order valence-electron chi connectivity index (χ1n) is 20.8. The molecule has 2 unspecified atom stereocenters. The van der Waals surface area contributed by atoms with Gasteiger partial charge >= 0.3 is 44.7 Å². The number of carbonyl (C=O) groups excluding carboxylic acids is 1. The molecule has 324 valence electrons. The van der Waals surface area contributed by atoms with Gasteiger partial charge in [0.05, 0.1) is 0 Å². The van der Waals surface area contributed by atoms with E-state index in [-0.39, 0.29) is 63.8 Å². The van der Waals surface area contributed by atoms with Crippen molar-refractivity contribution in [1.82, 2.24) is 20.4 Å².